The minimum atomic E-state index is -1.22. The fraction of sp³-hybridized carbons (Fsp3) is 0.353. The number of carbonyl (C=O) groups is 2. The largest absolute Gasteiger partial charge is 0.476 e. The maximum absolute atomic E-state index is 11.3. The standard InChI is InChI=1S/C34H32N6O6/c41-33(42)29-31(37-39-35-29)45-27-16-14-21(15-17-27)10-11-22-4-1-7-25(18-22)26-8-2-5-23(19-26)12-13-24-6-3-9-28(20-24)46-32-30(34(43)44)36-40-38-32/h3,6,9,14-17,20,22-23,25-26H,1-2,4-5,7-8,18-19H2,(H,41,42)(H,43,44)(H,35,37,39)(H,36,38,40). The first-order valence-corrected chi connectivity index (χ1v) is 15.3. The summed E-state index contributed by atoms with van der Waals surface area (Å²) in [6.07, 6.45) is 9.19. The molecule has 4 N–H and O–H groups in total. The molecule has 0 aliphatic heterocycles. The molecule has 46 heavy (non-hydrogen) atoms. The van der Waals surface area contributed by atoms with Crippen LogP contribution in [-0.2, 0) is 0 Å². The smallest absolute Gasteiger partial charge is 0.362 e. The molecule has 0 spiro atoms. The van der Waals surface area contributed by atoms with Crippen molar-refractivity contribution in [3.8, 4) is 46.9 Å². The zero-order valence-electron chi connectivity index (χ0n) is 24.9. The van der Waals surface area contributed by atoms with Crippen LogP contribution in [0.4, 0.5) is 0 Å². The van der Waals surface area contributed by atoms with Gasteiger partial charge in [0.25, 0.3) is 11.8 Å². The van der Waals surface area contributed by atoms with Crippen molar-refractivity contribution < 1.29 is 29.3 Å². The van der Waals surface area contributed by atoms with Gasteiger partial charge in [-0.05, 0) is 80.0 Å². The van der Waals surface area contributed by atoms with Crippen molar-refractivity contribution in [1.82, 2.24) is 30.8 Å². The predicted molar refractivity (Wildman–Crippen MR) is 164 cm³/mol. The number of nitrogens with one attached hydrogen (secondary N) is 2. The van der Waals surface area contributed by atoms with Gasteiger partial charge in [-0.25, -0.2) is 19.8 Å². The van der Waals surface area contributed by atoms with Gasteiger partial charge < -0.3 is 19.7 Å². The average molecular weight is 621 g/mol. The molecule has 2 aromatic heterocycles. The number of hydrogen-bond acceptors (Lipinski definition) is 8. The summed E-state index contributed by atoms with van der Waals surface area (Å²) in [5.74, 6) is 14.1. The van der Waals surface area contributed by atoms with Gasteiger partial charge in [0.05, 0.1) is 0 Å². The number of carboxylic acids is 2. The van der Waals surface area contributed by atoms with Gasteiger partial charge >= 0.3 is 11.9 Å². The van der Waals surface area contributed by atoms with E-state index in [-0.39, 0.29) is 23.1 Å². The molecule has 2 heterocycles. The molecule has 2 fully saturated rings. The molecule has 234 valence electrons. The van der Waals surface area contributed by atoms with Crippen LogP contribution in [0.25, 0.3) is 0 Å². The quantitative estimate of drug-likeness (QED) is 0.181. The van der Waals surface area contributed by atoms with Gasteiger partial charge in [-0.2, -0.15) is 0 Å². The Morgan fingerprint density at radius 1 is 0.696 bits per heavy atom. The van der Waals surface area contributed by atoms with Gasteiger partial charge in [0.15, 0.2) is 0 Å². The van der Waals surface area contributed by atoms with E-state index in [0.29, 0.717) is 35.2 Å². The van der Waals surface area contributed by atoms with Crippen molar-refractivity contribution in [2.24, 2.45) is 23.7 Å². The zero-order chi connectivity index (χ0) is 31.9. The van der Waals surface area contributed by atoms with Crippen LogP contribution in [0.1, 0.15) is 83.5 Å². The monoisotopic (exact) mass is 620 g/mol. The molecule has 0 amide bonds. The number of aromatic amines is 2. The Bertz CT molecular complexity index is 1830. The highest BCUT2D eigenvalue weighted by molar-refractivity contribution is 5.88. The van der Waals surface area contributed by atoms with Crippen LogP contribution in [-0.4, -0.2) is 53.0 Å². The lowest BCUT2D eigenvalue weighted by atomic mass is 9.68. The van der Waals surface area contributed by atoms with E-state index in [9.17, 15) is 14.7 Å². The average Bonchev–Trinajstić information content (AvgIpc) is 3.74. The van der Waals surface area contributed by atoms with Crippen LogP contribution >= 0.6 is 0 Å². The first kappa shape index (κ1) is 30.4. The van der Waals surface area contributed by atoms with Crippen LogP contribution in [0.2, 0.25) is 0 Å². The number of carboxylic acid groups (broad SMARTS) is 2. The first-order chi connectivity index (χ1) is 22.4. The van der Waals surface area contributed by atoms with E-state index in [2.05, 4.69) is 54.5 Å². The van der Waals surface area contributed by atoms with Crippen LogP contribution in [0, 0.1) is 47.4 Å². The second-order valence-corrected chi connectivity index (χ2v) is 11.6. The summed E-state index contributed by atoms with van der Waals surface area (Å²) >= 11 is 0. The van der Waals surface area contributed by atoms with E-state index in [1.807, 2.05) is 24.3 Å². The normalized spacial score (nSPS) is 20.8. The van der Waals surface area contributed by atoms with Gasteiger partial charge in [-0.15, -0.1) is 10.2 Å². The summed E-state index contributed by atoms with van der Waals surface area (Å²) in [4.78, 5) is 22.5. The van der Waals surface area contributed by atoms with Crippen molar-refractivity contribution >= 4 is 11.9 Å². The van der Waals surface area contributed by atoms with Crippen molar-refractivity contribution in [2.75, 3.05) is 0 Å². The third kappa shape index (κ3) is 7.53. The summed E-state index contributed by atoms with van der Waals surface area (Å²) < 4.78 is 11.2. The first-order valence-electron chi connectivity index (χ1n) is 15.3. The maximum atomic E-state index is 11.3. The van der Waals surface area contributed by atoms with E-state index in [0.717, 1.165) is 36.8 Å². The zero-order valence-corrected chi connectivity index (χ0v) is 24.9. The van der Waals surface area contributed by atoms with Crippen molar-refractivity contribution in [2.45, 2.75) is 51.4 Å². The lowest BCUT2D eigenvalue weighted by Gasteiger charge is -2.36. The van der Waals surface area contributed by atoms with E-state index >= 15 is 0 Å². The van der Waals surface area contributed by atoms with Crippen LogP contribution in [0.3, 0.4) is 0 Å². The highest BCUT2D eigenvalue weighted by Crippen LogP contribution is 2.42. The summed E-state index contributed by atoms with van der Waals surface area (Å²) in [6.45, 7) is 0. The summed E-state index contributed by atoms with van der Waals surface area (Å²) in [5.41, 5.74) is 1.14. The van der Waals surface area contributed by atoms with Crippen LogP contribution in [0.15, 0.2) is 48.5 Å². The second kappa shape index (κ2) is 14.0. The Labute approximate surface area is 264 Å². The Kier molecular flexibility index (Phi) is 9.25. The molecule has 4 unspecified atom stereocenters. The Balaban J connectivity index is 1.03. The fourth-order valence-electron chi connectivity index (χ4n) is 6.28. The topological polar surface area (TPSA) is 176 Å². The molecule has 12 heteroatoms. The summed E-state index contributed by atoms with van der Waals surface area (Å²) in [5, 5.41) is 37.4. The molecule has 2 aliphatic carbocycles. The lowest BCUT2D eigenvalue weighted by molar-refractivity contribution is 0.0676. The Morgan fingerprint density at radius 2 is 1.24 bits per heavy atom. The van der Waals surface area contributed by atoms with E-state index in [1.54, 1.807) is 24.3 Å². The molecule has 4 atom stereocenters. The Hall–Kier alpha value is -5.62. The number of H-pyrrole nitrogens is 2. The SMILES string of the molecule is O=C(O)c1nn[nH]c1Oc1ccc(C#CC2CCCC(C3CCCC(C#Cc4cccc(Oc5[nH]nnc5C(=O)O)c4)C3)C2)cc1. The van der Waals surface area contributed by atoms with Crippen molar-refractivity contribution in [3.05, 3.63) is 71.0 Å². The van der Waals surface area contributed by atoms with E-state index < -0.39 is 11.9 Å². The lowest BCUT2D eigenvalue weighted by Crippen LogP contribution is -2.26. The number of rotatable bonds is 7. The fourth-order valence-corrected chi connectivity index (χ4v) is 6.28. The molecular formula is C34H32N6O6. The third-order valence-electron chi connectivity index (χ3n) is 8.50. The predicted octanol–water partition coefficient (Wildman–Crippen LogP) is 5.92. The summed E-state index contributed by atoms with van der Waals surface area (Å²) in [7, 11) is 0. The highest BCUT2D eigenvalue weighted by atomic mass is 16.5. The van der Waals surface area contributed by atoms with Crippen LogP contribution < -0.4 is 9.47 Å². The van der Waals surface area contributed by atoms with Crippen molar-refractivity contribution in [3.63, 3.8) is 0 Å². The molecule has 2 aliphatic rings. The molecule has 0 radical (unpaired) electrons. The molecule has 0 saturated heterocycles. The number of hydrogen-bond donors (Lipinski definition) is 4. The number of aromatic nitrogens is 6. The summed E-state index contributed by atoms with van der Waals surface area (Å²) in [6, 6.07) is 14.5. The van der Waals surface area contributed by atoms with Crippen molar-refractivity contribution in [1.29, 1.82) is 0 Å². The van der Waals surface area contributed by atoms with Crippen LogP contribution in [0.5, 0.6) is 23.3 Å². The van der Waals surface area contributed by atoms with Gasteiger partial charge in [0.2, 0.25) is 11.4 Å². The van der Waals surface area contributed by atoms with Gasteiger partial charge in [0, 0.05) is 23.0 Å². The molecule has 0 bridgehead atoms. The van der Waals surface area contributed by atoms with E-state index in [4.69, 9.17) is 14.6 Å². The molecule has 2 saturated carbocycles. The third-order valence-corrected chi connectivity index (χ3v) is 8.50. The minimum Gasteiger partial charge on any atom is -0.476 e. The number of ether oxygens (including phenoxy) is 2. The minimum absolute atomic E-state index is 0.0174. The maximum Gasteiger partial charge on any atom is 0.362 e. The number of benzene rings is 2. The second-order valence-electron chi connectivity index (χ2n) is 11.6. The Morgan fingerprint density at radius 3 is 1.80 bits per heavy atom. The molecule has 12 nitrogen and oxygen atoms in total. The number of nitrogens with zero attached hydrogens (tertiary/aromatic N) is 4. The highest BCUT2D eigenvalue weighted by Gasteiger charge is 2.31. The number of aromatic carboxylic acids is 2. The van der Waals surface area contributed by atoms with Gasteiger partial charge in [-0.3, -0.25) is 0 Å². The van der Waals surface area contributed by atoms with Gasteiger partial charge in [-0.1, -0.05) is 65.9 Å². The molecule has 4 aromatic rings. The van der Waals surface area contributed by atoms with E-state index in [1.165, 1.54) is 25.7 Å². The molecular weight excluding hydrogens is 588 g/mol. The molecule has 2 aromatic carbocycles. The molecule has 6 rings (SSSR count). The van der Waals surface area contributed by atoms with Gasteiger partial charge in [0.1, 0.15) is 11.5 Å².